The first-order valence-electron chi connectivity index (χ1n) is 16.1. The van der Waals surface area contributed by atoms with Crippen molar-refractivity contribution in [1.29, 1.82) is 0 Å². The van der Waals surface area contributed by atoms with Crippen LogP contribution in [0.3, 0.4) is 0 Å². The van der Waals surface area contributed by atoms with Crippen molar-refractivity contribution < 1.29 is 40.5 Å². The smallest absolute Gasteiger partial charge is 0.425 e. The lowest BCUT2D eigenvalue weighted by Gasteiger charge is -2.21. The van der Waals surface area contributed by atoms with Crippen LogP contribution in [0.2, 0.25) is 0 Å². The summed E-state index contributed by atoms with van der Waals surface area (Å²) in [6.45, 7) is 2.12. The third kappa shape index (κ3) is 12.7. The van der Waals surface area contributed by atoms with E-state index in [9.17, 15) is 23.2 Å². The van der Waals surface area contributed by atoms with Gasteiger partial charge in [0.05, 0.1) is 48.0 Å². The number of aryl methyl sites for hydroxylation is 1. The van der Waals surface area contributed by atoms with E-state index in [0.29, 0.717) is 41.1 Å². The van der Waals surface area contributed by atoms with Crippen LogP contribution in [-0.4, -0.2) is 84.2 Å². The number of anilines is 1. The summed E-state index contributed by atoms with van der Waals surface area (Å²) in [7, 11) is -5.97. The Kier molecular flexibility index (Phi) is 15.0. The molecule has 282 valence electrons. The van der Waals surface area contributed by atoms with Crippen molar-refractivity contribution in [2.45, 2.75) is 24.7 Å². The molecular formula is C35H36N8O9S2. The van der Waals surface area contributed by atoms with Crippen molar-refractivity contribution in [2.75, 3.05) is 38.3 Å². The topological polar surface area (TPSA) is 247 Å². The van der Waals surface area contributed by atoms with Crippen molar-refractivity contribution in [3.63, 3.8) is 0 Å². The fourth-order valence-corrected chi connectivity index (χ4v) is 5.48. The molecule has 0 atom stereocenters. The van der Waals surface area contributed by atoms with Gasteiger partial charge in [-0.3, -0.25) is 4.55 Å². The highest BCUT2D eigenvalue weighted by molar-refractivity contribution is 7.85. The van der Waals surface area contributed by atoms with Crippen LogP contribution in [-0.2, 0) is 33.6 Å². The summed E-state index contributed by atoms with van der Waals surface area (Å²) in [6, 6.07) is 26.0. The lowest BCUT2D eigenvalue weighted by Crippen LogP contribution is -2.32. The second-order valence-electron chi connectivity index (χ2n) is 11.3. The molecule has 1 aromatic heterocycles. The number of hydrogen-bond acceptors (Lipinski definition) is 16. The van der Waals surface area contributed by atoms with E-state index in [-0.39, 0.29) is 43.3 Å². The molecule has 4 aromatic carbocycles. The maximum atomic E-state index is 11.5. The Balaban J connectivity index is 0.00000155. The van der Waals surface area contributed by atoms with Crippen LogP contribution < -0.4 is 9.64 Å². The molecule has 17 nitrogen and oxygen atoms in total. The highest BCUT2D eigenvalue weighted by Crippen LogP contribution is 2.29. The number of aromatic nitrogens is 3. The van der Waals surface area contributed by atoms with Crippen molar-refractivity contribution in [2.24, 2.45) is 20.5 Å². The summed E-state index contributed by atoms with van der Waals surface area (Å²) in [5.74, 6) is 1.78. The van der Waals surface area contributed by atoms with Crippen molar-refractivity contribution in [3.05, 3.63) is 119 Å². The number of methoxy groups -OCH3 is 1. The van der Waals surface area contributed by atoms with Gasteiger partial charge in [-0.05, 0) is 66.6 Å². The molecule has 0 aliphatic carbocycles. The number of nitrogens with zero attached hydrogens (tertiary/aromatic N) is 8. The van der Waals surface area contributed by atoms with Crippen LogP contribution in [0.15, 0.2) is 116 Å². The van der Waals surface area contributed by atoms with E-state index in [1.807, 2.05) is 55.5 Å². The largest absolute Gasteiger partial charge is 0.496 e. The lowest BCUT2D eigenvalue weighted by atomic mass is 10.0. The van der Waals surface area contributed by atoms with Gasteiger partial charge < -0.3 is 19.8 Å². The van der Waals surface area contributed by atoms with Gasteiger partial charge in [-0.25, -0.2) is 4.98 Å². The first-order valence-corrected chi connectivity index (χ1v) is 18.5. The second-order valence-corrected chi connectivity index (χ2v) is 13.1. The van der Waals surface area contributed by atoms with Crippen molar-refractivity contribution in [1.82, 2.24) is 15.0 Å². The Bertz CT molecular complexity index is 2320. The van der Waals surface area contributed by atoms with Gasteiger partial charge in [-0.2, -0.15) is 38.8 Å². The van der Waals surface area contributed by atoms with E-state index in [0.717, 1.165) is 22.4 Å². The van der Waals surface area contributed by atoms with E-state index < -0.39 is 20.7 Å². The molecule has 0 unspecified atom stereocenters. The molecule has 1 heterocycles. The molecule has 19 heteroatoms. The van der Waals surface area contributed by atoms with Crippen molar-refractivity contribution >= 4 is 49.4 Å². The van der Waals surface area contributed by atoms with E-state index in [1.54, 1.807) is 29.2 Å². The average Bonchev–Trinajstić information content (AvgIpc) is 3.14. The van der Waals surface area contributed by atoms with Crippen LogP contribution in [0.25, 0.3) is 0 Å². The maximum Gasteiger partial charge on any atom is 0.425 e. The summed E-state index contributed by atoms with van der Waals surface area (Å²) in [5, 5.41) is 36.3. The second kappa shape index (κ2) is 19.8. The van der Waals surface area contributed by atoms with Gasteiger partial charge in [-0.15, -0.1) is 12.6 Å². The minimum atomic E-state index is -4.38. The number of aliphatic hydroxyl groups is 2. The number of benzene rings is 4. The fraction of sp³-hybridized carbons (Fsp3) is 0.229. The standard InChI is InChI=1S/C35H36N8O6S.O3S/c1-24-19-29(41-39-27-7-4-3-5-8-27)13-11-25(24)20-33-36-34(38-35(37-33)43(15-17-44)16-18-45)21-26-12-14-30(23-32(26)49-2)42-40-28-9-6-10-31(22-28)50(46,47)48;1-4(2)3/h3-14,19,22-23,44-45H,15-18,20-21H2,1-2H3,(H,46,47,48);. The number of ether oxygens (including phenoxy) is 1. The number of rotatable bonds is 15. The van der Waals surface area contributed by atoms with Crippen LogP contribution in [0.1, 0.15) is 28.3 Å². The summed E-state index contributed by atoms with van der Waals surface area (Å²) >= 11 is 0. The number of aliphatic hydroxyl groups excluding tert-OH is 2. The molecule has 0 amide bonds. The van der Waals surface area contributed by atoms with Crippen LogP contribution in [0.4, 0.5) is 28.7 Å². The molecule has 5 rings (SSSR count). The Labute approximate surface area is 312 Å². The minimum absolute atomic E-state index is 0.154. The van der Waals surface area contributed by atoms with E-state index >= 15 is 0 Å². The fourth-order valence-electron chi connectivity index (χ4n) is 4.96. The van der Waals surface area contributed by atoms with Gasteiger partial charge in [0.2, 0.25) is 5.95 Å². The quantitative estimate of drug-likeness (QED) is 0.0911. The third-order valence-corrected chi connectivity index (χ3v) is 8.32. The number of hydrogen-bond donors (Lipinski definition) is 3. The molecule has 0 fully saturated rings. The summed E-state index contributed by atoms with van der Waals surface area (Å²) < 4.78 is 63.3. The molecule has 5 aromatic rings. The molecule has 0 spiro atoms. The highest BCUT2D eigenvalue weighted by atomic mass is 32.2. The molecule has 0 bridgehead atoms. The zero-order valence-electron chi connectivity index (χ0n) is 29.1. The minimum Gasteiger partial charge on any atom is -0.496 e. The Morgan fingerprint density at radius 1 is 0.685 bits per heavy atom. The molecule has 0 saturated heterocycles. The summed E-state index contributed by atoms with van der Waals surface area (Å²) in [4.78, 5) is 15.6. The average molecular weight is 777 g/mol. The number of azo groups is 2. The molecular weight excluding hydrogens is 741 g/mol. The van der Waals surface area contributed by atoms with Gasteiger partial charge >= 0.3 is 10.6 Å². The van der Waals surface area contributed by atoms with Gasteiger partial charge in [0.1, 0.15) is 17.4 Å². The third-order valence-electron chi connectivity index (χ3n) is 7.47. The molecule has 3 N–H and O–H groups in total. The lowest BCUT2D eigenvalue weighted by molar-refractivity contribution is 0.280. The zero-order chi connectivity index (χ0) is 39.1. The van der Waals surface area contributed by atoms with E-state index in [2.05, 4.69) is 25.4 Å². The SMILES string of the molecule is COc1cc(N=Nc2cccc(S(=O)(=O)O)c2)ccc1Cc1nc(Cc2ccc(N=Nc3ccccc3)cc2C)nc(N(CCO)CCO)n1.O=S(=O)=O. The predicted molar refractivity (Wildman–Crippen MR) is 197 cm³/mol. The van der Waals surface area contributed by atoms with Gasteiger partial charge in [0.15, 0.2) is 0 Å². The van der Waals surface area contributed by atoms with Crippen LogP contribution in [0, 0.1) is 6.92 Å². The normalized spacial score (nSPS) is 11.4. The first kappa shape index (κ1) is 40.9. The highest BCUT2D eigenvalue weighted by Gasteiger charge is 2.17. The summed E-state index contributed by atoms with van der Waals surface area (Å²) in [5.41, 5.74) is 4.88. The van der Waals surface area contributed by atoms with Crippen LogP contribution >= 0.6 is 0 Å². The maximum absolute atomic E-state index is 11.5. The molecule has 0 aliphatic heterocycles. The van der Waals surface area contributed by atoms with Crippen LogP contribution in [0.5, 0.6) is 5.75 Å². The molecule has 0 radical (unpaired) electrons. The monoisotopic (exact) mass is 776 g/mol. The molecule has 0 saturated carbocycles. The summed E-state index contributed by atoms with van der Waals surface area (Å²) in [6.07, 6.45) is 0.662. The van der Waals surface area contributed by atoms with E-state index in [1.165, 1.54) is 25.3 Å². The molecule has 54 heavy (non-hydrogen) atoms. The van der Waals surface area contributed by atoms with Gasteiger partial charge in [0, 0.05) is 37.6 Å². The predicted octanol–water partition coefficient (Wildman–Crippen LogP) is 5.23. The Morgan fingerprint density at radius 3 is 1.76 bits per heavy atom. The van der Waals surface area contributed by atoms with E-state index in [4.69, 9.17) is 27.3 Å². The first-order chi connectivity index (χ1) is 25.9. The Hall–Kier alpha value is -5.86. The Morgan fingerprint density at radius 2 is 1.20 bits per heavy atom. The molecule has 0 aliphatic rings. The zero-order valence-corrected chi connectivity index (χ0v) is 30.7. The van der Waals surface area contributed by atoms with Gasteiger partial charge in [-0.1, -0.05) is 36.4 Å². The van der Waals surface area contributed by atoms with Gasteiger partial charge in [0.25, 0.3) is 10.1 Å². The van der Waals surface area contributed by atoms with Crippen molar-refractivity contribution in [3.8, 4) is 5.75 Å².